The predicted molar refractivity (Wildman–Crippen MR) is 84.2 cm³/mol. The molecule has 5 nitrogen and oxygen atoms in total. The fourth-order valence-electron chi connectivity index (χ4n) is 1.90. The van der Waals surface area contributed by atoms with Gasteiger partial charge in [0.2, 0.25) is 0 Å². The Labute approximate surface area is 130 Å². The van der Waals surface area contributed by atoms with Gasteiger partial charge in [0.05, 0.1) is 17.4 Å². The second kappa shape index (κ2) is 6.50. The lowest BCUT2D eigenvalue weighted by Crippen LogP contribution is -2.16. The molecule has 0 aliphatic rings. The quantitative estimate of drug-likeness (QED) is 0.919. The monoisotopic (exact) mass is 316 g/mol. The smallest absolute Gasteiger partial charge is 0.263 e. The first-order chi connectivity index (χ1) is 10.4. The van der Waals surface area contributed by atoms with Gasteiger partial charge in [0.1, 0.15) is 16.7 Å². The van der Waals surface area contributed by atoms with Gasteiger partial charge in [-0.05, 0) is 38.1 Å². The summed E-state index contributed by atoms with van der Waals surface area (Å²) in [5.41, 5.74) is 0.432. The van der Waals surface area contributed by atoms with Gasteiger partial charge in [-0.25, -0.2) is 8.42 Å². The summed E-state index contributed by atoms with van der Waals surface area (Å²) in [6.45, 7) is 3.71. The molecular formula is C16H16N2O3S. The Morgan fingerprint density at radius 3 is 2.41 bits per heavy atom. The molecule has 0 unspecified atom stereocenters. The number of anilines is 1. The summed E-state index contributed by atoms with van der Waals surface area (Å²) in [4.78, 5) is -0.0585. The van der Waals surface area contributed by atoms with Crippen molar-refractivity contribution in [1.29, 1.82) is 5.26 Å². The van der Waals surface area contributed by atoms with E-state index in [1.807, 2.05) is 19.9 Å². The Balaban J connectivity index is 2.40. The summed E-state index contributed by atoms with van der Waals surface area (Å²) in [5.74, 6) is 0.440. The zero-order valence-electron chi connectivity index (χ0n) is 12.3. The summed E-state index contributed by atoms with van der Waals surface area (Å²) >= 11 is 0. The lowest BCUT2D eigenvalue weighted by Gasteiger charge is -2.16. The molecule has 114 valence electrons. The molecule has 0 saturated heterocycles. The van der Waals surface area contributed by atoms with Crippen molar-refractivity contribution in [3.63, 3.8) is 0 Å². The molecule has 0 fully saturated rings. The largest absolute Gasteiger partial charge is 0.489 e. The van der Waals surface area contributed by atoms with Crippen molar-refractivity contribution in [2.45, 2.75) is 24.8 Å². The maximum absolute atomic E-state index is 12.5. The predicted octanol–water partition coefficient (Wildman–Crippen LogP) is 3.15. The number of hydrogen-bond donors (Lipinski definition) is 1. The lowest BCUT2D eigenvalue weighted by molar-refractivity contribution is 0.244. The number of para-hydroxylation sites is 2. The zero-order valence-corrected chi connectivity index (χ0v) is 13.1. The molecule has 2 aromatic carbocycles. The van der Waals surface area contributed by atoms with E-state index in [-0.39, 0.29) is 16.6 Å². The molecule has 0 aliphatic heterocycles. The lowest BCUT2D eigenvalue weighted by atomic mass is 10.2. The zero-order chi connectivity index (χ0) is 16.2. The molecule has 0 radical (unpaired) electrons. The van der Waals surface area contributed by atoms with Crippen LogP contribution in [0.5, 0.6) is 5.75 Å². The fraction of sp³-hybridized carbons (Fsp3) is 0.188. The highest BCUT2D eigenvalue weighted by atomic mass is 32.2. The Bertz CT molecular complexity index is 808. The van der Waals surface area contributed by atoms with Gasteiger partial charge in [0.15, 0.2) is 0 Å². The van der Waals surface area contributed by atoms with Crippen LogP contribution in [0.2, 0.25) is 0 Å². The number of rotatable bonds is 5. The van der Waals surface area contributed by atoms with Crippen LogP contribution in [0.1, 0.15) is 19.4 Å². The molecule has 0 aromatic heterocycles. The van der Waals surface area contributed by atoms with Gasteiger partial charge in [-0.15, -0.1) is 0 Å². The standard InChI is InChI=1S/C16H16N2O3S/c1-12(2)21-15-9-5-4-8-14(15)18-22(19,20)16-10-6-3-7-13(16)11-17/h3-10,12,18H,1-2H3. The summed E-state index contributed by atoms with van der Waals surface area (Å²) in [6.07, 6.45) is -0.0861. The number of ether oxygens (including phenoxy) is 1. The van der Waals surface area contributed by atoms with Crippen LogP contribution < -0.4 is 9.46 Å². The van der Waals surface area contributed by atoms with E-state index in [4.69, 9.17) is 10.00 Å². The molecule has 2 aromatic rings. The highest BCUT2D eigenvalue weighted by Gasteiger charge is 2.20. The van der Waals surface area contributed by atoms with Gasteiger partial charge in [0, 0.05) is 0 Å². The SMILES string of the molecule is CC(C)Oc1ccccc1NS(=O)(=O)c1ccccc1C#N. The van der Waals surface area contributed by atoms with Gasteiger partial charge >= 0.3 is 0 Å². The van der Waals surface area contributed by atoms with Crippen molar-refractivity contribution in [3.05, 3.63) is 54.1 Å². The van der Waals surface area contributed by atoms with E-state index in [0.29, 0.717) is 11.4 Å². The molecule has 0 spiro atoms. The second-order valence-electron chi connectivity index (χ2n) is 4.88. The minimum absolute atomic E-state index is 0.0585. The van der Waals surface area contributed by atoms with Gasteiger partial charge in [-0.2, -0.15) is 5.26 Å². The van der Waals surface area contributed by atoms with Crippen molar-refractivity contribution >= 4 is 15.7 Å². The number of nitriles is 1. The number of nitrogens with one attached hydrogen (secondary N) is 1. The summed E-state index contributed by atoms with van der Waals surface area (Å²) < 4.78 is 33.1. The third kappa shape index (κ3) is 3.57. The molecule has 0 bridgehead atoms. The van der Waals surface area contributed by atoms with Crippen LogP contribution in [-0.2, 0) is 10.0 Å². The minimum atomic E-state index is -3.87. The van der Waals surface area contributed by atoms with Gasteiger partial charge < -0.3 is 4.74 Å². The minimum Gasteiger partial charge on any atom is -0.489 e. The van der Waals surface area contributed by atoms with Crippen LogP contribution >= 0.6 is 0 Å². The van der Waals surface area contributed by atoms with Crippen molar-refractivity contribution < 1.29 is 13.2 Å². The van der Waals surface area contributed by atoms with Crippen molar-refractivity contribution in [1.82, 2.24) is 0 Å². The van der Waals surface area contributed by atoms with Crippen LogP contribution in [0, 0.1) is 11.3 Å². The molecule has 22 heavy (non-hydrogen) atoms. The Kier molecular flexibility index (Phi) is 4.68. The van der Waals surface area contributed by atoms with Crippen LogP contribution in [0.15, 0.2) is 53.4 Å². The first-order valence-electron chi connectivity index (χ1n) is 6.71. The average Bonchev–Trinajstić information content (AvgIpc) is 2.48. The molecule has 0 atom stereocenters. The average molecular weight is 316 g/mol. The van der Waals surface area contributed by atoms with E-state index in [0.717, 1.165) is 0 Å². The number of sulfonamides is 1. The van der Waals surface area contributed by atoms with E-state index in [1.54, 1.807) is 36.4 Å². The van der Waals surface area contributed by atoms with Gasteiger partial charge in [-0.3, -0.25) is 4.72 Å². The van der Waals surface area contributed by atoms with E-state index in [1.165, 1.54) is 12.1 Å². The van der Waals surface area contributed by atoms with E-state index >= 15 is 0 Å². The maximum atomic E-state index is 12.5. The van der Waals surface area contributed by atoms with Crippen molar-refractivity contribution in [3.8, 4) is 11.8 Å². The normalized spacial score (nSPS) is 11.0. The van der Waals surface area contributed by atoms with Crippen LogP contribution in [-0.4, -0.2) is 14.5 Å². The Morgan fingerprint density at radius 1 is 1.09 bits per heavy atom. The first kappa shape index (κ1) is 15.9. The molecule has 6 heteroatoms. The first-order valence-corrected chi connectivity index (χ1v) is 8.20. The molecule has 1 N–H and O–H groups in total. The molecule has 0 heterocycles. The topological polar surface area (TPSA) is 79.2 Å². The molecule has 0 amide bonds. The summed E-state index contributed by atoms with van der Waals surface area (Å²) in [7, 11) is -3.87. The van der Waals surface area contributed by atoms with Crippen LogP contribution in [0.3, 0.4) is 0 Å². The van der Waals surface area contributed by atoms with Crippen molar-refractivity contribution in [2.75, 3.05) is 4.72 Å². The molecular weight excluding hydrogens is 300 g/mol. The maximum Gasteiger partial charge on any atom is 0.263 e. The van der Waals surface area contributed by atoms with Crippen LogP contribution in [0.25, 0.3) is 0 Å². The third-order valence-corrected chi connectivity index (χ3v) is 4.21. The number of benzene rings is 2. The van der Waals surface area contributed by atoms with E-state index in [9.17, 15) is 8.42 Å². The molecule has 2 rings (SSSR count). The summed E-state index contributed by atoms with van der Waals surface area (Å²) in [5, 5.41) is 9.05. The van der Waals surface area contributed by atoms with Crippen molar-refractivity contribution in [2.24, 2.45) is 0 Å². The Morgan fingerprint density at radius 2 is 1.73 bits per heavy atom. The third-order valence-electron chi connectivity index (χ3n) is 2.79. The van der Waals surface area contributed by atoms with E-state index < -0.39 is 10.0 Å². The summed E-state index contributed by atoms with van der Waals surface area (Å²) in [6, 6.07) is 14.7. The fourth-order valence-corrected chi connectivity index (χ4v) is 3.13. The van der Waals surface area contributed by atoms with Gasteiger partial charge in [-0.1, -0.05) is 24.3 Å². The molecule has 0 saturated carbocycles. The highest BCUT2D eigenvalue weighted by molar-refractivity contribution is 7.92. The Hall–Kier alpha value is -2.52. The van der Waals surface area contributed by atoms with Crippen LogP contribution in [0.4, 0.5) is 5.69 Å². The molecule has 0 aliphatic carbocycles. The second-order valence-corrected chi connectivity index (χ2v) is 6.53. The number of hydrogen-bond acceptors (Lipinski definition) is 4. The highest BCUT2D eigenvalue weighted by Crippen LogP contribution is 2.28. The van der Waals surface area contributed by atoms with Gasteiger partial charge in [0.25, 0.3) is 10.0 Å². The van der Waals surface area contributed by atoms with E-state index in [2.05, 4.69) is 4.72 Å². The number of nitrogens with zero attached hydrogens (tertiary/aromatic N) is 1.